The summed E-state index contributed by atoms with van der Waals surface area (Å²) in [7, 11) is 0. The summed E-state index contributed by atoms with van der Waals surface area (Å²) >= 11 is 0. The van der Waals surface area contributed by atoms with E-state index >= 15 is 0 Å². The Morgan fingerprint density at radius 3 is 3.09 bits per heavy atom. The number of H-pyrrole nitrogens is 2. The van der Waals surface area contributed by atoms with Gasteiger partial charge in [-0.05, 0) is 36.8 Å². The first-order valence-electron chi connectivity index (χ1n) is 7.69. The SMILES string of the molecule is O=C(NCc1n[nH]c(=O)[nH]1)[C@@H]1C[C@@]12CCCc1ccccc12. The van der Waals surface area contributed by atoms with E-state index in [4.69, 9.17) is 0 Å². The third kappa shape index (κ3) is 2.06. The molecule has 1 saturated carbocycles. The molecule has 114 valence electrons. The van der Waals surface area contributed by atoms with Gasteiger partial charge >= 0.3 is 5.69 Å². The average Bonchev–Trinajstić information content (AvgIpc) is 3.09. The molecule has 0 unspecified atom stereocenters. The average molecular weight is 298 g/mol. The summed E-state index contributed by atoms with van der Waals surface area (Å²) < 4.78 is 0. The molecule has 22 heavy (non-hydrogen) atoms. The van der Waals surface area contributed by atoms with E-state index < -0.39 is 0 Å². The fourth-order valence-corrected chi connectivity index (χ4v) is 3.86. The van der Waals surface area contributed by atoms with Gasteiger partial charge in [-0.2, -0.15) is 5.10 Å². The van der Waals surface area contributed by atoms with Gasteiger partial charge in [0.25, 0.3) is 0 Å². The van der Waals surface area contributed by atoms with Crippen LogP contribution in [-0.4, -0.2) is 21.1 Å². The highest BCUT2D eigenvalue weighted by Crippen LogP contribution is 2.60. The van der Waals surface area contributed by atoms with Crippen molar-refractivity contribution in [1.82, 2.24) is 20.5 Å². The van der Waals surface area contributed by atoms with E-state index in [1.54, 1.807) is 0 Å². The summed E-state index contributed by atoms with van der Waals surface area (Å²) in [6.45, 7) is 0.256. The van der Waals surface area contributed by atoms with Crippen LogP contribution in [0.5, 0.6) is 0 Å². The van der Waals surface area contributed by atoms with E-state index in [-0.39, 0.29) is 29.5 Å². The Morgan fingerprint density at radius 2 is 2.27 bits per heavy atom. The number of aromatic nitrogens is 3. The zero-order chi connectivity index (χ0) is 15.2. The maximum Gasteiger partial charge on any atom is 0.340 e. The summed E-state index contributed by atoms with van der Waals surface area (Å²) in [6.07, 6.45) is 4.27. The molecule has 1 spiro atoms. The van der Waals surface area contributed by atoms with Crippen LogP contribution >= 0.6 is 0 Å². The van der Waals surface area contributed by atoms with Gasteiger partial charge in [0.2, 0.25) is 5.91 Å². The highest BCUT2D eigenvalue weighted by atomic mass is 16.2. The molecule has 1 aromatic heterocycles. The number of fused-ring (bicyclic) bond motifs is 2. The normalized spacial score (nSPS) is 25.7. The van der Waals surface area contributed by atoms with Gasteiger partial charge in [0.1, 0.15) is 5.82 Å². The number of carbonyl (C=O) groups is 1. The van der Waals surface area contributed by atoms with Crippen molar-refractivity contribution in [2.24, 2.45) is 5.92 Å². The van der Waals surface area contributed by atoms with Crippen molar-refractivity contribution < 1.29 is 4.79 Å². The molecule has 6 nitrogen and oxygen atoms in total. The molecule has 2 atom stereocenters. The molecule has 0 bridgehead atoms. The molecule has 2 aliphatic carbocycles. The lowest BCUT2D eigenvalue weighted by molar-refractivity contribution is -0.123. The van der Waals surface area contributed by atoms with Crippen molar-refractivity contribution in [2.75, 3.05) is 0 Å². The molecule has 1 heterocycles. The molecule has 3 N–H and O–H groups in total. The number of amides is 1. The quantitative estimate of drug-likeness (QED) is 0.790. The standard InChI is InChI=1S/C16H18N4O2/c21-14(17-9-13-18-15(22)20-19-13)12-8-16(12)7-3-5-10-4-1-2-6-11(10)16/h1-2,4,6,12H,3,5,7-9H2,(H,17,21)(H2,18,19,20,22)/t12-,16+/m0/s1. The molecule has 2 aliphatic rings. The number of hydrogen-bond donors (Lipinski definition) is 3. The maximum absolute atomic E-state index is 12.4. The first-order valence-corrected chi connectivity index (χ1v) is 7.69. The number of benzene rings is 1. The number of nitrogens with one attached hydrogen (secondary N) is 3. The largest absolute Gasteiger partial charge is 0.349 e. The number of nitrogens with zero attached hydrogens (tertiary/aromatic N) is 1. The van der Waals surface area contributed by atoms with Gasteiger partial charge in [-0.1, -0.05) is 24.3 Å². The van der Waals surface area contributed by atoms with Crippen LogP contribution in [0.15, 0.2) is 29.1 Å². The minimum Gasteiger partial charge on any atom is -0.349 e. The van der Waals surface area contributed by atoms with Crippen molar-refractivity contribution in [2.45, 2.75) is 37.6 Å². The summed E-state index contributed by atoms with van der Waals surface area (Å²) in [4.78, 5) is 25.9. The van der Waals surface area contributed by atoms with Gasteiger partial charge in [0.05, 0.1) is 6.54 Å². The predicted octanol–water partition coefficient (Wildman–Crippen LogP) is 1.01. The highest BCUT2D eigenvalue weighted by Gasteiger charge is 2.59. The number of hydrogen-bond acceptors (Lipinski definition) is 3. The van der Waals surface area contributed by atoms with Gasteiger partial charge < -0.3 is 5.32 Å². The Morgan fingerprint density at radius 1 is 1.41 bits per heavy atom. The van der Waals surface area contributed by atoms with E-state index in [1.165, 1.54) is 11.1 Å². The van der Waals surface area contributed by atoms with Crippen LogP contribution in [0.1, 0.15) is 36.2 Å². The molecule has 2 aromatic rings. The Labute approximate surface area is 127 Å². The second-order valence-electron chi connectivity index (χ2n) is 6.27. The third-order valence-corrected chi connectivity index (χ3v) is 4.99. The van der Waals surface area contributed by atoms with Gasteiger partial charge in [0, 0.05) is 11.3 Å². The maximum atomic E-state index is 12.4. The lowest BCUT2D eigenvalue weighted by Crippen LogP contribution is -2.30. The highest BCUT2D eigenvalue weighted by molar-refractivity contribution is 5.84. The number of carbonyl (C=O) groups excluding carboxylic acids is 1. The number of aromatic amines is 2. The molecular formula is C16H18N4O2. The lowest BCUT2D eigenvalue weighted by Gasteiger charge is -2.26. The van der Waals surface area contributed by atoms with Crippen LogP contribution in [0, 0.1) is 5.92 Å². The van der Waals surface area contributed by atoms with E-state index in [2.05, 4.69) is 44.8 Å². The molecule has 0 aliphatic heterocycles. The molecule has 1 aromatic carbocycles. The van der Waals surface area contributed by atoms with E-state index in [0.717, 1.165) is 25.7 Å². The second-order valence-corrected chi connectivity index (χ2v) is 6.27. The van der Waals surface area contributed by atoms with Crippen LogP contribution in [0.2, 0.25) is 0 Å². The van der Waals surface area contributed by atoms with Crippen molar-refractivity contribution in [1.29, 1.82) is 0 Å². The topological polar surface area (TPSA) is 90.6 Å². The van der Waals surface area contributed by atoms with Crippen LogP contribution in [0.4, 0.5) is 0 Å². The zero-order valence-electron chi connectivity index (χ0n) is 12.2. The molecular weight excluding hydrogens is 280 g/mol. The lowest BCUT2D eigenvalue weighted by atomic mass is 9.78. The van der Waals surface area contributed by atoms with Gasteiger partial charge in [0.15, 0.2) is 0 Å². The summed E-state index contributed by atoms with van der Waals surface area (Å²) in [5, 5.41) is 8.98. The molecule has 1 amide bonds. The summed E-state index contributed by atoms with van der Waals surface area (Å²) in [5.74, 6) is 0.553. The molecule has 1 fully saturated rings. The fraction of sp³-hybridized carbons (Fsp3) is 0.438. The van der Waals surface area contributed by atoms with Gasteiger partial charge in [-0.15, -0.1) is 0 Å². The predicted molar refractivity (Wildman–Crippen MR) is 80.2 cm³/mol. The van der Waals surface area contributed by atoms with Crippen LogP contribution in [-0.2, 0) is 23.2 Å². The molecule has 0 saturated heterocycles. The van der Waals surface area contributed by atoms with Crippen molar-refractivity contribution >= 4 is 5.91 Å². The Bertz CT molecular complexity index is 778. The molecule has 0 radical (unpaired) electrons. The van der Waals surface area contributed by atoms with Crippen LogP contribution in [0.25, 0.3) is 0 Å². The van der Waals surface area contributed by atoms with Crippen molar-refractivity contribution in [3.8, 4) is 0 Å². The molecule has 6 heteroatoms. The third-order valence-electron chi connectivity index (χ3n) is 4.99. The van der Waals surface area contributed by atoms with Gasteiger partial charge in [-0.3, -0.25) is 9.78 Å². The Balaban J connectivity index is 1.47. The van der Waals surface area contributed by atoms with Crippen LogP contribution in [0.3, 0.4) is 0 Å². The monoisotopic (exact) mass is 298 g/mol. The number of rotatable bonds is 3. The smallest absolute Gasteiger partial charge is 0.340 e. The first kappa shape index (κ1) is 13.3. The summed E-state index contributed by atoms with van der Waals surface area (Å²) in [6, 6.07) is 8.49. The van der Waals surface area contributed by atoms with Crippen LogP contribution < -0.4 is 11.0 Å². The second kappa shape index (κ2) is 4.83. The Hall–Kier alpha value is -2.37. The first-order chi connectivity index (χ1) is 10.7. The zero-order valence-corrected chi connectivity index (χ0v) is 12.2. The van der Waals surface area contributed by atoms with Crippen molar-refractivity contribution in [3.05, 3.63) is 51.7 Å². The minimum atomic E-state index is -0.353. The fourth-order valence-electron chi connectivity index (χ4n) is 3.86. The minimum absolute atomic E-state index is 0.0396. The van der Waals surface area contributed by atoms with Crippen molar-refractivity contribution in [3.63, 3.8) is 0 Å². The molecule has 4 rings (SSSR count). The Kier molecular flexibility index (Phi) is 2.92. The van der Waals surface area contributed by atoms with E-state index in [9.17, 15) is 9.59 Å². The summed E-state index contributed by atoms with van der Waals surface area (Å²) in [5.41, 5.74) is 2.43. The van der Waals surface area contributed by atoms with E-state index in [1.807, 2.05) is 0 Å². The van der Waals surface area contributed by atoms with E-state index in [0.29, 0.717) is 5.82 Å². The van der Waals surface area contributed by atoms with Gasteiger partial charge in [-0.25, -0.2) is 9.89 Å². The number of aryl methyl sites for hydroxylation is 1.